The molecule has 0 bridgehead atoms. The van der Waals surface area contributed by atoms with E-state index in [1.165, 1.54) is 5.56 Å². The third kappa shape index (κ3) is 7.33. The van der Waals surface area contributed by atoms with Crippen LogP contribution in [-0.2, 0) is 24.4 Å². The van der Waals surface area contributed by atoms with Crippen LogP contribution in [0.3, 0.4) is 0 Å². The van der Waals surface area contributed by atoms with E-state index in [0.29, 0.717) is 25.0 Å². The Morgan fingerprint density at radius 3 is 1.90 bits per heavy atom. The Kier molecular flexibility index (Phi) is 8.52. The predicted molar refractivity (Wildman–Crippen MR) is 151 cm³/mol. The predicted octanol–water partition coefficient (Wildman–Crippen LogP) is 1.73. The molecule has 210 valence electrons. The third-order valence-corrected chi connectivity index (χ3v) is 6.75. The first-order valence-corrected chi connectivity index (χ1v) is 13.2. The van der Waals surface area contributed by atoms with Gasteiger partial charge in [0.2, 0.25) is 23.8 Å². The fourth-order valence-corrected chi connectivity index (χ4v) is 4.37. The lowest BCUT2D eigenvalue weighted by atomic mass is 10.1. The fourth-order valence-electron chi connectivity index (χ4n) is 4.37. The van der Waals surface area contributed by atoms with Crippen molar-refractivity contribution in [1.82, 2.24) is 35.1 Å². The van der Waals surface area contributed by atoms with Gasteiger partial charge < -0.3 is 20.3 Å². The molecule has 0 aliphatic carbocycles. The number of benzene rings is 2. The van der Waals surface area contributed by atoms with Crippen molar-refractivity contribution in [2.45, 2.75) is 19.6 Å². The highest BCUT2D eigenvalue weighted by atomic mass is 16.5. The van der Waals surface area contributed by atoms with E-state index in [1.54, 1.807) is 7.11 Å². The Morgan fingerprint density at radius 1 is 0.800 bits per heavy atom. The Labute approximate surface area is 232 Å². The molecule has 2 aliphatic rings. The summed E-state index contributed by atoms with van der Waals surface area (Å²) in [7, 11) is 3.78. The molecule has 13 heteroatoms. The lowest BCUT2D eigenvalue weighted by Gasteiger charge is -2.32. The standard InChI is InChI=1S/C27H34N10O3/c1-35-11-13-36(14-12-35)17-21-5-3-19(4-6-21)15-28-24-31-25(29-16-20-7-9-22(40-2)10-8-20)33-26(32-24)34-37-18-23(38)30-27(37)39/h3-10H,11-18H2,1-2H3,(H,30,38,39)(H3,28,29,31,32,33,34). The van der Waals surface area contributed by atoms with Crippen molar-refractivity contribution < 1.29 is 14.3 Å². The molecule has 3 amide bonds. The molecule has 0 spiro atoms. The quantitative estimate of drug-likeness (QED) is 0.261. The summed E-state index contributed by atoms with van der Waals surface area (Å²) in [5.74, 6) is 1.13. The lowest BCUT2D eigenvalue weighted by molar-refractivity contribution is -0.118. The minimum Gasteiger partial charge on any atom is -0.497 e. The molecule has 2 aliphatic heterocycles. The number of carbonyl (C=O) groups is 2. The largest absolute Gasteiger partial charge is 0.497 e. The van der Waals surface area contributed by atoms with Crippen molar-refractivity contribution in [3.63, 3.8) is 0 Å². The van der Waals surface area contributed by atoms with Crippen molar-refractivity contribution >= 4 is 29.8 Å². The Balaban J connectivity index is 1.24. The maximum absolute atomic E-state index is 12.0. The molecule has 4 N–H and O–H groups in total. The summed E-state index contributed by atoms with van der Waals surface area (Å²) in [5.41, 5.74) is 6.16. The number of ether oxygens (including phenoxy) is 1. The van der Waals surface area contributed by atoms with Crippen LogP contribution >= 0.6 is 0 Å². The topological polar surface area (TPSA) is 140 Å². The first kappa shape index (κ1) is 27.1. The van der Waals surface area contributed by atoms with Gasteiger partial charge in [-0.25, -0.2) is 9.80 Å². The van der Waals surface area contributed by atoms with Crippen molar-refractivity contribution in [2.24, 2.45) is 0 Å². The van der Waals surface area contributed by atoms with E-state index < -0.39 is 11.9 Å². The van der Waals surface area contributed by atoms with Crippen LogP contribution in [0.1, 0.15) is 16.7 Å². The van der Waals surface area contributed by atoms with Gasteiger partial charge in [0.05, 0.1) is 7.11 Å². The van der Waals surface area contributed by atoms with Crippen LogP contribution in [0, 0.1) is 0 Å². The number of likely N-dealkylation sites (N-methyl/N-ethyl adjacent to an activating group) is 1. The van der Waals surface area contributed by atoms with Crippen LogP contribution in [0.25, 0.3) is 0 Å². The van der Waals surface area contributed by atoms with Gasteiger partial charge in [-0.1, -0.05) is 36.4 Å². The number of piperazine rings is 1. The first-order valence-electron chi connectivity index (χ1n) is 13.2. The number of hydrazine groups is 1. The molecule has 2 saturated heterocycles. The lowest BCUT2D eigenvalue weighted by Crippen LogP contribution is -2.43. The normalized spacial score (nSPS) is 16.1. The molecule has 40 heavy (non-hydrogen) atoms. The number of nitrogens with one attached hydrogen (secondary N) is 4. The summed E-state index contributed by atoms with van der Waals surface area (Å²) in [4.78, 5) is 41.7. The first-order chi connectivity index (χ1) is 19.4. The molecule has 3 heterocycles. The Hall–Kier alpha value is -4.49. The summed E-state index contributed by atoms with van der Waals surface area (Å²) in [6, 6.07) is 15.6. The minimum atomic E-state index is -0.565. The number of methoxy groups -OCH3 is 1. The Morgan fingerprint density at radius 2 is 1.35 bits per heavy atom. The van der Waals surface area contributed by atoms with Crippen LogP contribution in [-0.4, -0.2) is 88.6 Å². The van der Waals surface area contributed by atoms with Gasteiger partial charge in [-0.2, -0.15) is 15.0 Å². The number of hydrogen-bond acceptors (Lipinski definition) is 11. The minimum absolute atomic E-state index is 0.127. The van der Waals surface area contributed by atoms with Gasteiger partial charge in [0, 0.05) is 45.8 Å². The van der Waals surface area contributed by atoms with Crippen LogP contribution < -0.4 is 26.1 Å². The molecule has 2 aromatic carbocycles. The number of amides is 3. The number of imide groups is 1. The van der Waals surface area contributed by atoms with Crippen LogP contribution in [0.4, 0.5) is 22.6 Å². The molecule has 0 unspecified atom stereocenters. The monoisotopic (exact) mass is 546 g/mol. The second kappa shape index (κ2) is 12.6. The van der Waals surface area contributed by atoms with E-state index >= 15 is 0 Å². The van der Waals surface area contributed by atoms with Gasteiger partial charge in [-0.3, -0.25) is 20.4 Å². The number of aromatic nitrogens is 3. The van der Waals surface area contributed by atoms with E-state index in [1.807, 2.05) is 24.3 Å². The summed E-state index contributed by atoms with van der Waals surface area (Å²) >= 11 is 0. The van der Waals surface area contributed by atoms with Gasteiger partial charge in [0.1, 0.15) is 12.3 Å². The maximum Gasteiger partial charge on any atom is 0.343 e. The second-order valence-corrected chi connectivity index (χ2v) is 9.81. The van der Waals surface area contributed by atoms with Crippen molar-refractivity contribution in [3.05, 3.63) is 65.2 Å². The molecule has 0 atom stereocenters. The average molecular weight is 547 g/mol. The van der Waals surface area contributed by atoms with E-state index in [4.69, 9.17) is 4.74 Å². The second-order valence-electron chi connectivity index (χ2n) is 9.81. The highest BCUT2D eigenvalue weighted by Crippen LogP contribution is 2.16. The van der Waals surface area contributed by atoms with Gasteiger partial charge in [0.15, 0.2) is 0 Å². The summed E-state index contributed by atoms with van der Waals surface area (Å²) < 4.78 is 5.22. The SMILES string of the molecule is COc1ccc(CNc2nc(NCc3ccc(CN4CCN(C)CC4)cc3)nc(NN3CC(=O)NC3=O)n2)cc1. The van der Waals surface area contributed by atoms with E-state index in [0.717, 1.165) is 54.6 Å². The molecule has 3 aromatic rings. The molecule has 0 radical (unpaired) electrons. The van der Waals surface area contributed by atoms with Crippen molar-refractivity contribution in [1.29, 1.82) is 0 Å². The van der Waals surface area contributed by atoms with Crippen LogP contribution in [0.5, 0.6) is 5.75 Å². The zero-order valence-corrected chi connectivity index (χ0v) is 22.7. The fraction of sp³-hybridized carbons (Fsp3) is 0.370. The molecular weight excluding hydrogens is 512 g/mol. The highest BCUT2D eigenvalue weighted by molar-refractivity contribution is 6.02. The average Bonchev–Trinajstić information content (AvgIpc) is 3.28. The highest BCUT2D eigenvalue weighted by Gasteiger charge is 2.27. The third-order valence-electron chi connectivity index (χ3n) is 6.75. The maximum atomic E-state index is 12.0. The molecular formula is C27H34N10O3. The van der Waals surface area contributed by atoms with Crippen molar-refractivity contribution in [3.8, 4) is 5.75 Å². The van der Waals surface area contributed by atoms with Gasteiger partial charge in [-0.15, -0.1) is 0 Å². The number of urea groups is 1. The van der Waals surface area contributed by atoms with Gasteiger partial charge in [-0.05, 0) is 35.9 Å². The van der Waals surface area contributed by atoms with Crippen molar-refractivity contribution in [2.75, 3.05) is 62.9 Å². The number of carbonyl (C=O) groups excluding carboxylic acids is 2. The zero-order valence-electron chi connectivity index (χ0n) is 22.7. The number of nitrogens with zero attached hydrogens (tertiary/aromatic N) is 6. The summed E-state index contributed by atoms with van der Waals surface area (Å²) in [6.07, 6.45) is 0. The summed E-state index contributed by atoms with van der Waals surface area (Å²) in [5, 5.41) is 9.78. The smallest absolute Gasteiger partial charge is 0.343 e. The summed E-state index contributed by atoms with van der Waals surface area (Å²) in [6.45, 7) is 6.13. The van der Waals surface area contributed by atoms with Gasteiger partial charge in [0.25, 0.3) is 0 Å². The zero-order chi connectivity index (χ0) is 27.9. The number of hydrogen-bond donors (Lipinski definition) is 4. The molecule has 5 rings (SSSR count). The molecule has 2 fully saturated rings. The van der Waals surface area contributed by atoms with Crippen LogP contribution in [0.2, 0.25) is 0 Å². The number of anilines is 3. The molecule has 0 saturated carbocycles. The van der Waals surface area contributed by atoms with Crippen LogP contribution in [0.15, 0.2) is 48.5 Å². The van der Waals surface area contributed by atoms with E-state index in [9.17, 15) is 9.59 Å². The Bertz CT molecular complexity index is 1310. The molecule has 13 nitrogen and oxygen atoms in total. The van der Waals surface area contributed by atoms with E-state index in [-0.39, 0.29) is 12.5 Å². The van der Waals surface area contributed by atoms with Gasteiger partial charge >= 0.3 is 6.03 Å². The van der Waals surface area contributed by atoms with E-state index in [2.05, 4.69) is 77.4 Å². The number of rotatable bonds is 11. The molecule has 1 aromatic heterocycles.